The number of nitrogens with zero attached hydrogens (tertiary/aromatic N) is 2. The normalized spacial score (nSPS) is 24.3. The molecule has 1 saturated heterocycles. The van der Waals surface area contributed by atoms with E-state index in [1.54, 1.807) is 0 Å². The van der Waals surface area contributed by atoms with E-state index in [4.69, 9.17) is 0 Å². The fraction of sp³-hybridized carbons (Fsp3) is 0.714. The molecule has 0 radical (unpaired) electrons. The molecule has 1 aromatic carbocycles. The molecule has 3 heteroatoms. The molecule has 1 saturated carbocycles. The first-order valence-corrected chi connectivity index (χ1v) is 9.96. The summed E-state index contributed by atoms with van der Waals surface area (Å²) in [5.41, 5.74) is 1.42. The molecule has 3 nitrogen and oxygen atoms in total. The third kappa shape index (κ3) is 5.30. The predicted molar refractivity (Wildman–Crippen MR) is 100 cm³/mol. The molecule has 1 atom stereocenters. The van der Waals surface area contributed by atoms with E-state index >= 15 is 0 Å². The molecule has 1 aliphatic heterocycles. The minimum atomic E-state index is 0.309. The van der Waals surface area contributed by atoms with Crippen LogP contribution in [0.3, 0.4) is 0 Å². The molecule has 24 heavy (non-hydrogen) atoms. The van der Waals surface area contributed by atoms with E-state index in [1.807, 2.05) is 0 Å². The van der Waals surface area contributed by atoms with Crippen LogP contribution in [0, 0.1) is 5.92 Å². The summed E-state index contributed by atoms with van der Waals surface area (Å²) in [7, 11) is 0. The summed E-state index contributed by atoms with van der Waals surface area (Å²) in [6, 6.07) is 11.3. The number of hydrogen-bond donors (Lipinski definition) is 1. The van der Waals surface area contributed by atoms with E-state index in [1.165, 1.54) is 50.8 Å². The third-order valence-corrected chi connectivity index (χ3v) is 5.92. The summed E-state index contributed by atoms with van der Waals surface area (Å²) in [4.78, 5) is 5.29. The van der Waals surface area contributed by atoms with Crippen molar-refractivity contribution < 1.29 is 5.11 Å². The topological polar surface area (TPSA) is 26.7 Å². The molecular weight excluding hydrogens is 296 g/mol. The molecule has 1 N–H and O–H groups in total. The van der Waals surface area contributed by atoms with E-state index < -0.39 is 0 Å². The highest BCUT2D eigenvalue weighted by Crippen LogP contribution is 2.25. The van der Waals surface area contributed by atoms with Crippen LogP contribution in [0.15, 0.2) is 30.3 Å². The predicted octanol–water partition coefficient (Wildman–Crippen LogP) is 3.18. The van der Waals surface area contributed by atoms with Gasteiger partial charge in [-0.15, -0.1) is 0 Å². The van der Waals surface area contributed by atoms with Crippen LogP contribution in [-0.2, 0) is 6.42 Å². The molecule has 134 valence electrons. The Morgan fingerprint density at radius 3 is 2.54 bits per heavy atom. The van der Waals surface area contributed by atoms with E-state index in [-0.39, 0.29) is 0 Å². The van der Waals surface area contributed by atoms with Gasteiger partial charge in [-0.25, -0.2) is 0 Å². The molecule has 1 heterocycles. The maximum absolute atomic E-state index is 9.48. The van der Waals surface area contributed by atoms with Crippen molar-refractivity contribution in [1.29, 1.82) is 0 Å². The van der Waals surface area contributed by atoms with E-state index in [0.717, 1.165) is 38.4 Å². The van der Waals surface area contributed by atoms with Crippen molar-refractivity contribution in [1.82, 2.24) is 9.80 Å². The number of benzene rings is 1. The van der Waals surface area contributed by atoms with Gasteiger partial charge in [0.15, 0.2) is 0 Å². The maximum atomic E-state index is 9.48. The number of piperazine rings is 1. The van der Waals surface area contributed by atoms with Gasteiger partial charge < -0.3 is 10.0 Å². The summed E-state index contributed by atoms with van der Waals surface area (Å²) in [5.74, 6) is 0.921. The molecule has 1 aliphatic carbocycles. The lowest BCUT2D eigenvalue weighted by molar-refractivity contribution is 0.0483. The number of aliphatic hydroxyl groups is 1. The Kier molecular flexibility index (Phi) is 7.13. The molecule has 3 rings (SSSR count). The molecule has 0 bridgehead atoms. The van der Waals surface area contributed by atoms with Gasteiger partial charge in [0.05, 0.1) is 0 Å². The fourth-order valence-corrected chi connectivity index (χ4v) is 4.49. The Morgan fingerprint density at radius 1 is 1.00 bits per heavy atom. The summed E-state index contributed by atoms with van der Waals surface area (Å²) in [5, 5.41) is 9.48. The SMILES string of the molecule is OCC[C@@H]1CN(CC2CCCCC2)CCN1CCc1ccccc1. The lowest BCUT2D eigenvalue weighted by atomic mass is 9.88. The van der Waals surface area contributed by atoms with Gasteiger partial charge >= 0.3 is 0 Å². The van der Waals surface area contributed by atoms with Crippen LogP contribution < -0.4 is 0 Å². The van der Waals surface area contributed by atoms with Gasteiger partial charge in [-0.05, 0) is 37.2 Å². The van der Waals surface area contributed by atoms with Gasteiger partial charge in [-0.2, -0.15) is 0 Å². The zero-order chi connectivity index (χ0) is 16.6. The Labute approximate surface area is 147 Å². The lowest BCUT2D eigenvalue weighted by Crippen LogP contribution is -2.54. The molecule has 0 spiro atoms. The van der Waals surface area contributed by atoms with E-state index in [2.05, 4.69) is 40.1 Å². The minimum Gasteiger partial charge on any atom is -0.396 e. The largest absolute Gasteiger partial charge is 0.396 e. The van der Waals surface area contributed by atoms with Crippen molar-refractivity contribution in [2.75, 3.05) is 39.3 Å². The van der Waals surface area contributed by atoms with Gasteiger partial charge in [0.1, 0.15) is 0 Å². The van der Waals surface area contributed by atoms with E-state index in [9.17, 15) is 5.11 Å². The van der Waals surface area contributed by atoms with Gasteiger partial charge in [-0.3, -0.25) is 4.90 Å². The highest BCUT2D eigenvalue weighted by molar-refractivity contribution is 5.15. The third-order valence-electron chi connectivity index (χ3n) is 5.92. The van der Waals surface area contributed by atoms with Crippen LogP contribution in [-0.4, -0.2) is 60.3 Å². The minimum absolute atomic E-state index is 0.309. The summed E-state index contributed by atoms with van der Waals surface area (Å²) in [6.07, 6.45) is 9.19. The van der Waals surface area contributed by atoms with Crippen LogP contribution in [0.5, 0.6) is 0 Å². The van der Waals surface area contributed by atoms with Crippen LogP contribution in [0.1, 0.15) is 44.1 Å². The van der Waals surface area contributed by atoms with Gasteiger partial charge in [0.25, 0.3) is 0 Å². The Balaban J connectivity index is 1.49. The van der Waals surface area contributed by atoms with Crippen LogP contribution >= 0.6 is 0 Å². The van der Waals surface area contributed by atoms with Crippen molar-refractivity contribution >= 4 is 0 Å². The zero-order valence-corrected chi connectivity index (χ0v) is 15.1. The smallest absolute Gasteiger partial charge is 0.0446 e. The average Bonchev–Trinajstić information content (AvgIpc) is 2.63. The quantitative estimate of drug-likeness (QED) is 0.832. The average molecular weight is 331 g/mol. The zero-order valence-electron chi connectivity index (χ0n) is 15.1. The maximum Gasteiger partial charge on any atom is 0.0446 e. The number of hydrogen-bond acceptors (Lipinski definition) is 3. The molecule has 2 fully saturated rings. The summed E-state index contributed by atoms with van der Waals surface area (Å²) in [6.45, 7) is 6.22. The highest BCUT2D eigenvalue weighted by Gasteiger charge is 2.28. The molecule has 2 aliphatic rings. The molecule has 0 unspecified atom stereocenters. The number of aliphatic hydroxyl groups excluding tert-OH is 1. The first-order valence-electron chi connectivity index (χ1n) is 9.96. The van der Waals surface area contributed by atoms with E-state index in [0.29, 0.717) is 12.6 Å². The van der Waals surface area contributed by atoms with Crippen molar-refractivity contribution in [3.05, 3.63) is 35.9 Å². The monoisotopic (exact) mass is 330 g/mol. The molecule has 0 amide bonds. The van der Waals surface area contributed by atoms with Crippen molar-refractivity contribution in [2.24, 2.45) is 5.92 Å². The second-order valence-electron chi connectivity index (χ2n) is 7.70. The molecule has 0 aromatic heterocycles. The fourth-order valence-electron chi connectivity index (χ4n) is 4.49. The van der Waals surface area contributed by atoms with Gasteiger partial charge in [0, 0.05) is 45.4 Å². The molecule has 1 aromatic rings. The van der Waals surface area contributed by atoms with Crippen LogP contribution in [0.2, 0.25) is 0 Å². The standard InChI is InChI=1S/C21H34N2O/c24-16-12-21-18-22(17-20-9-5-2-6-10-20)14-15-23(21)13-11-19-7-3-1-4-8-19/h1,3-4,7-8,20-21,24H,2,5-6,9-18H2/t21-/m1/s1. The second kappa shape index (κ2) is 9.55. The first-order chi connectivity index (χ1) is 11.8. The Morgan fingerprint density at radius 2 is 1.79 bits per heavy atom. The highest BCUT2D eigenvalue weighted by atomic mass is 16.3. The first kappa shape index (κ1) is 17.9. The van der Waals surface area contributed by atoms with Gasteiger partial charge in [0.2, 0.25) is 0 Å². The lowest BCUT2D eigenvalue weighted by Gasteiger charge is -2.43. The van der Waals surface area contributed by atoms with Crippen molar-refractivity contribution in [3.63, 3.8) is 0 Å². The van der Waals surface area contributed by atoms with Gasteiger partial charge in [-0.1, -0.05) is 49.6 Å². The van der Waals surface area contributed by atoms with Crippen molar-refractivity contribution in [3.8, 4) is 0 Å². The Bertz CT molecular complexity index is 458. The summed E-state index contributed by atoms with van der Waals surface area (Å²) >= 11 is 0. The summed E-state index contributed by atoms with van der Waals surface area (Å²) < 4.78 is 0. The van der Waals surface area contributed by atoms with Crippen molar-refractivity contribution in [2.45, 2.75) is 51.0 Å². The number of rotatable bonds is 7. The second-order valence-corrected chi connectivity index (χ2v) is 7.70. The van der Waals surface area contributed by atoms with Crippen LogP contribution in [0.25, 0.3) is 0 Å². The Hall–Kier alpha value is -0.900. The van der Waals surface area contributed by atoms with Crippen LogP contribution in [0.4, 0.5) is 0 Å². The molecular formula is C21H34N2O.